The minimum atomic E-state index is -0.284. The number of hydrogen-bond acceptors (Lipinski definition) is 3. The summed E-state index contributed by atoms with van der Waals surface area (Å²) < 4.78 is 5.92. The quantitative estimate of drug-likeness (QED) is 0.864. The molecule has 16 heavy (non-hydrogen) atoms. The van der Waals surface area contributed by atoms with Gasteiger partial charge in [0.1, 0.15) is 5.75 Å². The fourth-order valence-corrected chi connectivity index (χ4v) is 2.33. The number of halogens is 1. The van der Waals surface area contributed by atoms with Crippen molar-refractivity contribution >= 4 is 21.7 Å². The van der Waals surface area contributed by atoms with Crippen LogP contribution in [0.3, 0.4) is 0 Å². The zero-order valence-electron chi connectivity index (χ0n) is 9.13. The molecule has 0 saturated heterocycles. The van der Waals surface area contributed by atoms with Gasteiger partial charge in [-0.15, -0.1) is 0 Å². The zero-order valence-corrected chi connectivity index (χ0v) is 10.7. The van der Waals surface area contributed by atoms with Crippen LogP contribution in [0.4, 0.5) is 0 Å². The van der Waals surface area contributed by atoms with Crippen molar-refractivity contribution in [1.29, 1.82) is 0 Å². The lowest BCUT2D eigenvalue weighted by atomic mass is 9.95. The smallest absolute Gasteiger partial charge is 0.170 e. The van der Waals surface area contributed by atoms with Gasteiger partial charge in [0.25, 0.3) is 0 Å². The normalized spacial score (nSPS) is 16.9. The maximum atomic E-state index is 12.2. The molecule has 2 rings (SSSR count). The second kappa shape index (κ2) is 4.18. The lowest BCUT2D eigenvalue weighted by Gasteiger charge is -2.12. The number of nitrogens with two attached hydrogens (primary N) is 1. The standard InChI is InChI=1S/C12H14BrNO2/c1-16-10-3-2-8(6-9(10)13)11(15)12(7-14)4-5-12/h2-3,6H,4-5,7,14H2,1H3. The molecule has 1 aliphatic carbocycles. The Morgan fingerprint density at radius 1 is 1.56 bits per heavy atom. The average Bonchev–Trinajstić information content (AvgIpc) is 3.09. The van der Waals surface area contributed by atoms with E-state index in [2.05, 4.69) is 15.9 Å². The Balaban J connectivity index is 2.28. The predicted molar refractivity (Wildman–Crippen MR) is 65.7 cm³/mol. The molecule has 1 fully saturated rings. The number of benzene rings is 1. The van der Waals surface area contributed by atoms with Crippen molar-refractivity contribution in [2.45, 2.75) is 12.8 Å². The lowest BCUT2D eigenvalue weighted by molar-refractivity contribution is 0.0905. The second-order valence-corrected chi connectivity index (χ2v) is 5.02. The maximum Gasteiger partial charge on any atom is 0.170 e. The summed E-state index contributed by atoms with van der Waals surface area (Å²) in [6.45, 7) is 0.440. The summed E-state index contributed by atoms with van der Waals surface area (Å²) >= 11 is 3.38. The lowest BCUT2D eigenvalue weighted by Crippen LogP contribution is -2.25. The summed E-state index contributed by atoms with van der Waals surface area (Å²) in [5.74, 6) is 0.882. The first-order valence-corrected chi connectivity index (χ1v) is 6.01. The molecule has 0 amide bonds. The molecule has 0 radical (unpaired) electrons. The highest BCUT2D eigenvalue weighted by Crippen LogP contribution is 2.47. The molecule has 2 N–H and O–H groups in total. The van der Waals surface area contributed by atoms with Crippen LogP contribution in [0.5, 0.6) is 5.75 Å². The van der Waals surface area contributed by atoms with Gasteiger partial charge in [-0.1, -0.05) is 0 Å². The molecule has 1 aromatic rings. The van der Waals surface area contributed by atoms with E-state index in [-0.39, 0.29) is 11.2 Å². The predicted octanol–water partition coefficient (Wildman–Crippen LogP) is 2.38. The first-order chi connectivity index (χ1) is 7.63. The third-order valence-electron chi connectivity index (χ3n) is 3.14. The highest BCUT2D eigenvalue weighted by molar-refractivity contribution is 9.10. The van der Waals surface area contributed by atoms with Gasteiger partial charge in [0.15, 0.2) is 5.78 Å². The summed E-state index contributed by atoms with van der Waals surface area (Å²) in [5, 5.41) is 0. The van der Waals surface area contributed by atoms with E-state index in [4.69, 9.17) is 10.5 Å². The summed E-state index contributed by atoms with van der Waals surface area (Å²) in [4.78, 5) is 12.2. The van der Waals surface area contributed by atoms with Crippen LogP contribution in [0.1, 0.15) is 23.2 Å². The first-order valence-electron chi connectivity index (χ1n) is 5.21. The van der Waals surface area contributed by atoms with Gasteiger partial charge in [0, 0.05) is 17.5 Å². The Kier molecular flexibility index (Phi) is 3.04. The fraction of sp³-hybridized carbons (Fsp3) is 0.417. The largest absolute Gasteiger partial charge is 0.496 e. The van der Waals surface area contributed by atoms with Crippen LogP contribution in [0, 0.1) is 5.41 Å². The van der Waals surface area contributed by atoms with Crippen molar-refractivity contribution in [1.82, 2.24) is 0 Å². The van der Waals surface area contributed by atoms with Crippen molar-refractivity contribution in [3.8, 4) is 5.75 Å². The Hall–Kier alpha value is -0.870. The number of ketones is 1. The summed E-state index contributed by atoms with van der Waals surface area (Å²) in [5.41, 5.74) is 6.06. The number of hydrogen-bond donors (Lipinski definition) is 1. The van der Waals surface area contributed by atoms with E-state index in [0.29, 0.717) is 12.1 Å². The summed E-state index contributed by atoms with van der Waals surface area (Å²) in [6.07, 6.45) is 1.82. The third-order valence-corrected chi connectivity index (χ3v) is 3.76. The molecule has 0 aromatic heterocycles. The SMILES string of the molecule is COc1ccc(C(=O)C2(CN)CC2)cc1Br. The fourth-order valence-electron chi connectivity index (χ4n) is 1.79. The van der Waals surface area contributed by atoms with Crippen LogP contribution in [0.15, 0.2) is 22.7 Å². The minimum absolute atomic E-state index is 0.151. The number of rotatable bonds is 4. The highest BCUT2D eigenvalue weighted by Gasteiger charge is 2.48. The topological polar surface area (TPSA) is 52.3 Å². The molecule has 86 valence electrons. The van der Waals surface area contributed by atoms with Crippen LogP contribution < -0.4 is 10.5 Å². The van der Waals surface area contributed by atoms with Crippen LogP contribution in [0.2, 0.25) is 0 Å². The molecular weight excluding hydrogens is 270 g/mol. The van der Waals surface area contributed by atoms with Crippen molar-refractivity contribution in [3.63, 3.8) is 0 Å². The average molecular weight is 284 g/mol. The van der Waals surface area contributed by atoms with Gasteiger partial charge >= 0.3 is 0 Å². The number of carbonyl (C=O) groups excluding carboxylic acids is 1. The molecule has 0 bridgehead atoms. The molecule has 1 saturated carbocycles. The van der Waals surface area contributed by atoms with E-state index in [9.17, 15) is 4.79 Å². The summed E-state index contributed by atoms with van der Waals surface area (Å²) in [7, 11) is 1.60. The van der Waals surface area contributed by atoms with E-state index in [1.807, 2.05) is 0 Å². The Bertz CT molecular complexity index is 427. The van der Waals surface area contributed by atoms with Crippen molar-refractivity contribution < 1.29 is 9.53 Å². The van der Waals surface area contributed by atoms with Gasteiger partial charge in [-0.3, -0.25) is 4.79 Å². The number of ether oxygens (including phenoxy) is 1. The monoisotopic (exact) mass is 283 g/mol. The number of Topliss-reactive ketones (excluding diaryl/α,β-unsaturated/α-hetero) is 1. The van der Waals surface area contributed by atoms with Crippen LogP contribution in [0.25, 0.3) is 0 Å². The molecular formula is C12H14BrNO2. The second-order valence-electron chi connectivity index (χ2n) is 4.16. The third kappa shape index (κ3) is 1.87. The maximum absolute atomic E-state index is 12.2. The van der Waals surface area contributed by atoms with Crippen LogP contribution in [-0.2, 0) is 0 Å². The Morgan fingerprint density at radius 3 is 2.69 bits per heavy atom. The molecule has 4 heteroatoms. The molecule has 0 unspecified atom stereocenters. The van der Waals surface area contributed by atoms with E-state index in [0.717, 1.165) is 23.1 Å². The zero-order chi connectivity index (χ0) is 11.8. The van der Waals surface area contributed by atoms with E-state index >= 15 is 0 Å². The van der Waals surface area contributed by atoms with Crippen LogP contribution >= 0.6 is 15.9 Å². The van der Waals surface area contributed by atoms with Gasteiger partial charge in [-0.05, 0) is 47.0 Å². The van der Waals surface area contributed by atoms with Crippen molar-refractivity contribution in [3.05, 3.63) is 28.2 Å². The van der Waals surface area contributed by atoms with E-state index < -0.39 is 0 Å². The van der Waals surface area contributed by atoms with Gasteiger partial charge in [0.05, 0.1) is 11.6 Å². The van der Waals surface area contributed by atoms with Crippen molar-refractivity contribution in [2.75, 3.05) is 13.7 Å². The molecule has 1 aliphatic rings. The van der Waals surface area contributed by atoms with Crippen LogP contribution in [-0.4, -0.2) is 19.4 Å². The van der Waals surface area contributed by atoms with Crippen molar-refractivity contribution in [2.24, 2.45) is 11.1 Å². The Morgan fingerprint density at radius 2 is 2.25 bits per heavy atom. The van der Waals surface area contributed by atoms with E-state index in [1.54, 1.807) is 25.3 Å². The van der Waals surface area contributed by atoms with Gasteiger partial charge in [0.2, 0.25) is 0 Å². The minimum Gasteiger partial charge on any atom is -0.496 e. The molecule has 1 aromatic carbocycles. The molecule has 0 atom stereocenters. The van der Waals surface area contributed by atoms with Gasteiger partial charge in [-0.2, -0.15) is 0 Å². The van der Waals surface area contributed by atoms with Gasteiger partial charge < -0.3 is 10.5 Å². The summed E-state index contributed by atoms with van der Waals surface area (Å²) in [6, 6.07) is 5.39. The first kappa shape index (κ1) is 11.6. The molecule has 0 heterocycles. The molecule has 0 aliphatic heterocycles. The van der Waals surface area contributed by atoms with Gasteiger partial charge in [-0.25, -0.2) is 0 Å². The molecule has 3 nitrogen and oxygen atoms in total. The van der Waals surface area contributed by atoms with E-state index in [1.165, 1.54) is 0 Å². The number of carbonyl (C=O) groups is 1. The number of methoxy groups -OCH3 is 1. The Labute approximate surface area is 103 Å². The molecule has 0 spiro atoms. The highest BCUT2D eigenvalue weighted by atomic mass is 79.9.